The van der Waals surface area contributed by atoms with E-state index in [0.717, 1.165) is 25.0 Å². The third kappa shape index (κ3) is 3.55. The third-order valence-electron chi connectivity index (χ3n) is 3.53. The highest BCUT2D eigenvalue weighted by molar-refractivity contribution is 5.79. The fraction of sp³-hybridized carbons (Fsp3) is 0.533. The van der Waals surface area contributed by atoms with E-state index >= 15 is 0 Å². The highest BCUT2D eigenvalue weighted by Crippen LogP contribution is 2.33. The van der Waals surface area contributed by atoms with Crippen molar-refractivity contribution in [3.63, 3.8) is 0 Å². The van der Waals surface area contributed by atoms with Crippen molar-refractivity contribution in [2.45, 2.75) is 31.9 Å². The van der Waals surface area contributed by atoms with Gasteiger partial charge in [0.2, 0.25) is 5.91 Å². The maximum atomic E-state index is 12.3. The molecule has 3 N–H and O–H groups in total. The summed E-state index contributed by atoms with van der Waals surface area (Å²) in [5.74, 6) is -0.0725. The number of nitrogens with two attached hydrogens (primary N) is 1. The Morgan fingerprint density at radius 2 is 2.21 bits per heavy atom. The lowest BCUT2D eigenvalue weighted by atomic mass is 9.88. The summed E-state index contributed by atoms with van der Waals surface area (Å²) in [4.78, 5) is 12.3. The Bertz CT molecular complexity index is 408. The van der Waals surface area contributed by atoms with E-state index in [9.17, 15) is 4.79 Å². The van der Waals surface area contributed by atoms with Crippen LogP contribution < -0.4 is 11.1 Å². The summed E-state index contributed by atoms with van der Waals surface area (Å²) in [6.45, 7) is 3.09. The molecular weight excluding hydrogens is 240 g/mol. The van der Waals surface area contributed by atoms with Gasteiger partial charge in [-0.25, -0.2) is 0 Å². The maximum Gasteiger partial charge on any atom is 0.226 e. The van der Waals surface area contributed by atoms with E-state index in [2.05, 4.69) is 5.32 Å². The molecule has 0 radical (unpaired) electrons. The Morgan fingerprint density at radius 3 is 2.89 bits per heavy atom. The first-order valence-electron chi connectivity index (χ1n) is 6.89. The van der Waals surface area contributed by atoms with E-state index < -0.39 is 0 Å². The molecule has 2 rings (SSSR count). The first-order chi connectivity index (χ1) is 9.22. The highest BCUT2D eigenvalue weighted by atomic mass is 16.5. The predicted molar refractivity (Wildman–Crippen MR) is 74.5 cm³/mol. The molecule has 0 bridgehead atoms. The van der Waals surface area contributed by atoms with Gasteiger partial charge in [0.15, 0.2) is 0 Å². The van der Waals surface area contributed by atoms with Crippen molar-refractivity contribution in [3.05, 3.63) is 35.9 Å². The zero-order valence-electron chi connectivity index (χ0n) is 11.3. The number of benzene rings is 1. The molecule has 0 aromatic heterocycles. The predicted octanol–water partition coefficient (Wildman–Crippen LogP) is 1.62. The molecule has 1 heterocycles. The second-order valence-electron chi connectivity index (χ2n) is 5.10. The van der Waals surface area contributed by atoms with Crippen molar-refractivity contribution >= 4 is 5.91 Å². The minimum Gasteiger partial charge on any atom is -0.373 e. The van der Waals surface area contributed by atoms with Crippen LogP contribution in [0.15, 0.2) is 30.3 Å². The van der Waals surface area contributed by atoms with Gasteiger partial charge in [0.05, 0.1) is 12.0 Å². The van der Waals surface area contributed by atoms with Crippen molar-refractivity contribution in [2.24, 2.45) is 11.7 Å². The zero-order valence-corrected chi connectivity index (χ0v) is 11.3. The summed E-state index contributed by atoms with van der Waals surface area (Å²) >= 11 is 0. The standard InChI is InChI=1S/C15H22N2O2/c1-11(10-16)17-15(18)13-8-5-9-19-14(13)12-6-3-2-4-7-12/h2-4,6-7,11,13-14H,5,8-10,16H2,1H3,(H,17,18)/t11-,13?,14?/m1/s1. The van der Waals surface area contributed by atoms with Crippen LogP contribution in [0, 0.1) is 5.92 Å². The second kappa shape index (κ2) is 6.68. The molecule has 1 saturated heterocycles. The molecule has 1 aliphatic heterocycles. The Kier molecular flexibility index (Phi) is 4.93. The zero-order chi connectivity index (χ0) is 13.7. The molecule has 1 aromatic rings. The number of rotatable bonds is 4. The quantitative estimate of drug-likeness (QED) is 0.866. The lowest BCUT2D eigenvalue weighted by molar-refractivity contribution is -0.135. The highest BCUT2D eigenvalue weighted by Gasteiger charge is 2.33. The number of carbonyl (C=O) groups excluding carboxylic acids is 1. The molecule has 0 saturated carbocycles. The molecule has 1 aliphatic rings. The molecule has 3 atom stereocenters. The molecular formula is C15H22N2O2. The van der Waals surface area contributed by atoms with Gasteiger partial charge in [-0.2, -0.15) is 0 Å². The molecule has 4 nitrogen and oxygen atoms in total. The van der Waals surface area contributed by atoms with Gasteiger partial charge in [-0.3, -0.25) is 4.79 Å². The van der Waals surface area contributed by atoms with Crippen molar-refractivity contribution < 1.29 is 9.53 Å². The van der Waals surface area contributed by atoms with Gasteiger partial charge in [-0.15, -0.1) is 0 Å². The second-order valence-corrected chi connectivity index (χ2v) is 5.10. The van der Waals surface area contributed by atoms with Gasteiger partial charge in [-0.05, 0) is 25.3 Å². The summed E-state index contributed by atoms with van der Waals surface area (Å²) in [5, 5.41) is 2.96. The Morgan fingerprint density at radius 1 is 1.47 bits per heavy atom. The van der Waals surface area contributed by atoms with Crippen LogP contribution in [-0.2, 0) is 9.53 Å². The molecule has 2 unspecified atom stereocenters. The van der Waals surface area contributed by atoms with Crippen LogP contribution >= 0.6 is 0 Å². The van der Waals surface area contributed by atoms with Crippen LogP contribution in [0.1, 0.15) is 31.4 Å². The largest absolute Gasteiger partial charge is 0.373 e. The Hall–Kier alpha value is -1.39. The van der Waals surface area contributed by atoms with Crippen LogP contribution in [0.2, 0.25) is 0 Å². The van der Waals surface area contributed by atoms with E-state index in [1.54, 1.807) is 0 Å². The molecule has 0 aliphatic carbocycles. The van der Waals surface area contributed by atoms with Crippen LogP contribution in [0.5, 0.6) is 0 Å². The summed E-state index contributed by atoms with van der Waals surface area (Å²) in [5.41, 5.74) is 6.62. The Balaban J connectivity index is 2.10. The maximum absolute atomic E-state index is 12.3. The van der Waals surface area contributed by atoms with Crippen molar-refractivity contribution in [3.8, 4) is 0 Å². The summed E-state index contributed by atoms with van der Waals surface area (Å²) in [6.07, 6.45) is 1.65. The van der Waals surface area contributed by atoms with Gasteiger partial charge in [0.25, 0.3) is 0 Å². The van der Waals surface area contributed by atoms with Crippen LogP contribution in [-0.4, -0.2) is 25.1 Å². The Labute approximate surface area is 114 Å². The van der Waals surface area contributed by atoms with Crippen molar-refractivity contribution in [1.29, 1.82) is 0 Å². The smallest absolute Gasteiger partial charge is 0.226 e. The van der Waals surface area contributed by atoms with E-state index in [1.807, 2.05) is 37.3 Å². The molecule has 1 fully saturated rings. The summed E-state index contributed by atoms with van der Waals surface area (Å²) in [7, 11) is 0. The SMILES string of the molecule is C[C@H](CN)NC(=O)C1CCCOC1c1ccccc1. The average Bonchev–Trinajstić information content (AvgIpc) is 2.48. The number of carbonyl (C=O) groups is 1. The van der Waals surface area contributed by atoms with Crippen LogP contribution in [0.25, 0.3) is 0 Å². The van der Waals surface area contributed by atoms with Gasteiger partial charge in [0, 0.05) is 19.2 Å². The normalized spacial score (nSPS) is 24.7. The number of amides is 1. The van der Waals surface area contributed by atoms with E-state index in [4.69, 9.17) is 10.5 Å². The molecule has 104 valence electrons. The average molecular weight is 262 g/mol. The minimum absolute atomic E-state index is 0.00542. The molecule has 1 amide bonds. The number of ether oxygens (including phenoxy) is 1. The number of hydrogen-bond donors (Lipinski definition) is 2. The monoisotopic (exact) mass is 262 g/mol. The molecule has 0 spiro atoms. The topological polar surface area (TPSA) is 64.3 Å². The molecule has 4 heteroatoms. The van der Waals surface area contributed by atoms with Gasteiger partial charge < -0.3 is 15.8 Å². The van der Waals surface area contributed by atoms with Crippen molar-refractivity contribution in [2.75, 3.05) is 13.2 Å². The number of hydrogen-bond acceptors (Lipinski definition) is 3. The first-order valence-corrected chi connectivity index (χ1v) is 6.89. The van der Waals surface area contributed by atoms with Crippen molar-refractivity contribution in [1.82, 2.24) is 5.32 Å². The minimum atomic E-state index is -0.139. The fourth-order valence-electron chi connectivity index (χ4n) is 2.43. The number of nitrogens with one attached hydrogen (secondary N) is 1. The van der Waals surface area contributed by atoms with E-state index in [-0.39, 0.29) is 24.0 Å². The van der Waals surface area contributed by atoms with Crippen LogP contribution in [0.4, 0.5) is 0 Å². The van der Waals surface area contributed by atoms with E-state index in [1.165, 1.54) is 0 Å². The molecule has 19 heavy (non-hydrogen) atoms. The lowest BCUT2D eigenvalue weighted by Crippen LogP contribution is -2.44. The van der Waals surface area contributed by atoms with Crippen LogP contribution in [0.3, 0.4) is 0 Å². The summed E-state index contributed by atoms with van der Waals surface area (Å²) in [6, 6.07) is 9.96. The fourth-order valence-corrected chi connectivity index (χ4v) is 2.43. The van der Waals surface area contributed by atoms with Gasteiger partial charge in [-0.1, -0.05) is 30.3 Å². The van der Waals surface area contributed by atoms with Gasteiger partial charge in [0.1, 0.15) is 0 Å². The summed E-state index contributed by atoms with van der Waals surface area (Å²) < 4.78 is 5.82. The van der Waals surface area contributed by atoms with Gasteiger partial charge >= 0.3 is 0 Å². The van der Waals surface area contributed by atoms with E-state index in [0.29, 0.717) is 6.54 Å². The molecule has 1 aromatic carbocycles. The first kappa shape index (κ1) is 14.0. The third-order valence-corrected chi connectivity index (χ3v) is 3.53. The lowest BCUT2D eigenvalue weighted by Gasteiger charge is -2.32.